The topological polar surface area (TPSA) is 77.2 Å². The normalized spacial score (nSPS) is 25.4. The number of hydrogen-bond donors (Lipinski definition) is 1. The quantitative estimate of drug-likeness (QED) is 0.312. The average Bonchev–Trinajstić information content (AvgIpc) is 3.62. The molecule has 0 radical (unpaired) electrons. The van der Waals surface area contributed by atoms with E-state index < -0.39 is 0 Å². The van der Waals surface area contributed by atoms with Gasteiger partial charge >= 0.3 is 0 Å². The Morgan fingerprint density at radius 2 is 1.05 bits per heavy atom. The van der Waals surface area contributed by atoms with Crippen molar-refractivity contribution in [1.82, 2.24) is 0 Å². The number of carbonyl (C=O) groups excluding carboxylic acids is 3. The maximum atomic E-state index is 11.7. The largest absolute Gasteiger partial charge is 0.327 e. The average molecular weight is 576 g/mol. The van der Waals surface area contributed by atoms with E-state index in [1.807, 2.05) is 13.8 Å². The van der Waals surface area contributed by atoms with E-state index in [1.54, 1.807) is 0 Å². The molecule has 4 heteroatoms. The van der Waals surface area contributed by atoms with E-state index in [-0.39, 0.29) is 16.2 Å². The molecular formula is C37H69NO3. The van der Waals surface area contributed by atoms with Crippen LogP contribution in [0.4, 0.5) is 0 Å². The van der Waals surface area contributed by atoms with E-state index in [9.17, 15) is 14.4 Å². The molecule has 1 atom stereocenters. The molecule has 4 saturated carbocycles. The van der Waals surface area contributed by atoms with Crippen LogP contribution in [0.1, 0.15) is 190 Å². The number of carbonyl (C=O) groups is 3. The Morgan fingerprint density at radius 1 is 0.585 bits per heavy atom. The molecule has 0 aromatic rings. The molecule has 1 unspecified atom stereocenters. The highest BCUT2D eigenvalue weighted by atomic mass is 16.1. The van der Waals surface area contributed by atoms with Crippen molar-refractivity contribution in [2.24, 2.45) is 27.4 Å². The van der Waals surface area contributed by atoms with Crippen molar-refractivity contribution in [3.63, 3.8) is 0 Å². The lowest BCUT2D eigenvalue weighted by molar-refractivity contribution is -0.127. The Kier molecular flexibility index (Phi) is 16.6. The van der Waals surface area contributed by atoms with E-state index in [0.717, 1.165) is 96.3 Å². The van der Waals surface area contributed by atoms with Crippen molar-refractivity contribution >= 4 is 17.3 Å². The highest BCUT2D eigenvalue weighted by Crippen LogP contribution is 2.43. The van der Waals surface area contributed by atoms with Crippen LogP contribution in [0, 0.1) is 21.7 Å². The van der Waals surface area contributed by atoms with Crippen LogP contribution in [0.5, 0.6) is 0 Å². The molecule has 0 spiro atoms. The molecule has 4 fully saturated rings. The second kappa shape index (κ2) is 17.9. The van der Waals surface area contributed by atoms with Crippen molar-refractivity contribution in [3.05, 3.63) is 0 Å². The van der Waals surface area contributed by atoms with Crippen molar-refractivity contribution < 1.29 is 14.4 Å². The minimum atomic E-state index is 0.0139. The van der Waals surface area contributed by atoms with Gasteiger partial charge in [-0.1, -0.05) is 81.1 Å². The first-order valence-electron chi connectivity index (χ1n) is 17.7. The predicted octanol–water partition coefficient (Wildman–Crippen LogP) is 10.3. The minimum absolute atomic E-state index is 0.0139. The van der Waals surface area contributed by atoms with Gasteiger partial charge in [0.15, 0.2) is 0 Å². The first-order valence-corrected chi connectivity index (χ1v) is 17.7. The molecule has 4 rings (SSSR count). The van der Waals surface area contributed by atoms with Crippen LogP contribution in [0.2, 0.25) is 0 Å². The summed E-state index contributed by atoms with van der Waals surface area (Å²) < 4.78 is 0. The van der Waals surface area contributed by atoms with Gasteiger partial charge < -0.3 is 5.73 Å². The van der Waals surface area contributed by atoms with Crippen LogP contribution in [0.25, 0.3) is 0 Å². The first kappa shape index (κ1) is 38.0. The Labute approximate surface area is 255 Å². The van der Waals surface area contributed by atoms with Gasteiger partial charge in [0.1, 0.15) is 17.3 Å². The van der Waals surface area contributed by atoms with Crippen molar-refractivity contribution in [2.45, 2.75) is 196 Å². The maximum Gasteiger partial charge on any atom is 0.139 e. The SMILES string of the molecule is CC1(C)CCCC1=O.CCC1(CC)CCCC1=O.CCC1(CC)CCCCC1N.CCCC1(CCC)CCCC1=O. The van der Waals surface area contributed by atoms with Gasteiger partial charge in [0.05, 0.1) is 0 Å². The second-order valence-corrected chi connectivity index (χ2v) is 14.4. The van der Waals surface area contributed by atoms with Gasteiger partial charge in [-0.05, 0) is 95.3 Å². The van der Waals surface area contributed by atoms with Gasteiger partial charge in [-0.2, -0.15) is 0 Å². The Morgan fingerprint density at radius 3 is 1.29 bits per heavy atom. The summed E-state index contributed by atoms with van der Waals surface area (Å²) >= 11 is 0. The third-order valence-electron chi connectivity index (χ3n) is 11.7. The van der Waals surface area contributed by atoms with Crippen LogP contribution in [0.3, 0.4) is 0 Å². The summed E-state index contributed by atoms with van der Waals surface area (Å²) in [5.74, 6) is 1.50. The molecule has 4 aliphatic carbocycles. The molecule has 41 heavy (non-hydrogen) atoms. The second-order valence-electron chi connectivity index (χ2n) is 14.4. The summed E-state index contributed by atoms with van der Waals surface area (Å²) in [6.45, 7) is 17.3. The lowest BCUT2D eigenvalue weighted by Gasteiger charge is -2.41. The molecule has 4 aliphatic rings. The number of rotatable bonds is 8. The van der Waals surface area contributed by atoms with Crippen LogP contribution in [-0.2, 0) is 14.4 Å². The Hall–Kier alpha value is -1.03. The van der Waals surface area contributed by atoms with Crippen LogP contribution in [0.15, 0.2) is 0 Å². The molecule has 0 aliphatic heterocycles. The third kappa shape index (κ3) is 10.3. The molecule has 0 bridgehead atoms. The summed E-state index contributed by atoms with van der Waals surface area (Å²) in [6.07, 6.45) is 23.8. The molecular weight excluding hydrogens is 506 g/mol. The lowest BCUT2D eigenvalue weighted by Crippen LogP contribution is -2.43. The summed E-state index contributed by atoms with van der Waals surface area (Å²) in [5, 5.41) is 0. The summed E-state index contributed by atoms with van der Waals surface area (Å²) in [6, 6.07) is 0.478. The fraction of sp³-hybridized carbons (Fsp3) is 0.919. The number of hydrogen-bond acceptors (Lipinski definition) is 4. The lowest BCUT2D eigenvalue weighted by atomic mass is 9.67. The van der Waals surface area contributed by atoms with Gasteiger partial charge in [0.2, 0.25) is 0 Å². The van der Waals surface area contributed by atoms with Gasteiger partial charge in [-0.15, -0.1) is 0 Å². The number of nitrogens with two attached hydrogens (primary N) is 1. The van der Waals surface area contributed by atoms with Crippen LogP contribution < -0.4 is 5.73 Å². The van der Waals surface area contributed by atoms with Gasteiger partial charge in [-0.25, -0.2) is 0 Å². The Bertz CT molecular complexity index is 784. The highest BCUT2D eigenvalue weighted by Gasteiger charge is 2.40. The monoisotopic (exact) mass is 576 g/mol. The van der Waals surface area contributed by atoms with Crippen molar-refractivity contribution in [3.8, 4) is 0 Å². The third-order valence-corrected chi connectivity index (χ3v) is 11.7. The van der Waals surface area contributed by atoms with E-state index in [1.165, 1.54) is 38.5 Å². The van der Waals surface area contributed by atoms with E-state index >= 15 is 0 Å². The fourth-order valence-electron chi connectivity index (χ4n) is 8.22. The van der Waals surface area contributed by atoms with Crippen LogP contribution in [-0.4, -0.2) is 23.4 Å². The molecule has 0 aromatic carbocycles. The Balaban J connectivity index is 0.000000276. The molecule has 240 valence electrons. The number of ketones is 3. The van der Waals surface area contributed by atoms with Crippen molar-refractivity contribution in [2.75, 3.05) is 0 Å². The van der Waals surface area contributed by atoms with E-state index in [4.69, 9.17) is 5.73 Å². The van der Waals surface area contributed by atoms with E-state index in [2.05, 4.69) is 41.5 Å². The van der Waals surface area contributed by atoms with Crippen LogP contribution >= 0.6 is 0 Å². The molecule has 2 N–H and O–H groups in total. The molecule has 0 saturated heterocycles. The molecule has 0 amide bonds. The zero-order chi connectivity index (χ0) is 31.2. The fourth-order valence-corrected chi connectivity index (χ4v) is 8.22. The maximum absolute atomic E-state index is 11.7. The van der Waals surface area contributed by atoms with Gasteiger partial charge in [-0.3, -0.25) is 14.4 Å². The zero-order valence-corrected chi connectivity index (χ0v) is 28.7. The summed E-state index contributed by atoms with van der Waals surface area (Å²) in [7, 11) is 0. The minimum Gasteiger partial charge on any atom is -0.327 e. The summed E-state index contributed by atoms with van der Waals surface area (Å²) in [4.78, 5) is 33.9. The number of Topliss-reactive ketones (excluding diaryl/α,β-unsaturated/α-hetero) is 3. The first-order chi connectivity index (χ1) is 19.4. The molecule has 4 nitrogen and oxygen atoms in total. The van der Waals surface area contributed by atoms with Gasteiger partial charge in [0.25, 0.3) is 0 Å². The highest BCUT2D eigenvalue weighted by molar-refractivity contribution is 5.87. The summed E-state index contributed by atoms with van der Waals surface area (Å²) in [5.41, 5.74) is 6.86. The standard InChI is InChI=1S/C11H20O.C10H21N.C9H16O.C7H12O/c1-3-7-11(8-4-2)9-5-6-10(11)12;1-3-10(4-2)8-6-5-7-9(10)11;1-3-9(4-2)7-5-6-8(9)10;1-7(2)5-3-4-6(7)8/h3-9H2,1-2H3;9H,3-8,11H2,1-2H3;3-7H2,1-2H3;3-5H2,1-2H3. The smallest absolute Gasteiger partial charge is 0.139 e. The molecule has 0 heterocycles. The van der Waals surface area contributed by atoms with Crippen molar-refractivity contribution in [1.29, 1.82) is 0 Å². The van der Waals surface area contributed by atoms with E-state index in [0.29, 0.717) is 28.8 Å². The predicted molar refractivity (Wildman–Crippen MR) is 175 cm³/mol. The molecule has 0 aromatic heterocycles. The van der Waals surface area contributed by atoms with Gasteiger partial charge in [0, 0.05) is 41.5 Å². The zero-order valence-electron chi connectivity index (χ0n) is 28.7.